The number of halogens is 1. The molecule has 1 aromatic heterocycles. The highest BCUT2D eigenvalue weighted by molar-refractivity contribution is 5.84. The van der Waals surface area contributed by atoms with Crippen LogP contribution in [-0.4, -0.2) is 54.0 Å². The van der Waals surface area contributed by atoms with Crippen molar-refractivity contribution in [3.63, 3.8) is 0 Å². The third-order valence-corrected chi connectivity index (χ3v) is 5.75. The molecule has 162 valence electrons. The number of rotatable bonds is 7. The van der Waals surface area contributed by atoms with Gasteiger partial charge in [-0.15, -0.1) is 0 Å². The largest absolute Gasteiger partial charge is 0.368 e. The van der Waals surface area contributed by atoms with E-state index in [1.54, 1.807) is 17.0 Å². The highest BCUT2D eigenvalue weighted by atomic mass is 19.1. The molecule has 1 aliphatic rings. The van der Waals surface area contributed by atoms with Gasteiger partial charge in [-0.2, -0.15) is 0 Å². The molecule has 1 fully saturated rings. The first-order chi connectivity index (χ1) is 15.1. The van der Waals surface area contributed by atoms with Crippen LogP contribution in [0.1, 0.15) is 12.8 Å². The molecule has 7 heteroatoms. The smallest absolute Gasteiger partial charge is 0.223 e. The van der Waals surface area contributed by atoms with Crippen molar-refractivity contribution in [2.24, 2.45) is 0 Å². The Balaban J connectivity index is 1.16. The Labute approximate surface area is 181 Å². The first-order valence-corrected chi connectivity index (χ1v) is 10.7. The number of anilines is 1. The lowest BCUT2D eigenvalue weighted by Crippen LogP contribution is -2.49. The summed E-state index contributed by atoms with van der Waals surface area (Å²) in [5.41, 5.74) is 2.11. The molecular formula is C24H27FN4O2. The van der Waals surface area contributed by atoms with Gasteiger partial charge in [0.05, 0.1) is 0 Å². The lowest BCUT2D eigenvalue weighted by atomic mass is 10.2. The van der Waals surface area contributed by atoms with Gasteiger partial charge in [0, 0.05) is 69.5 Å². The van der Waals surface area contributed by atoms with Crippen molar-refractivity contribution in [1.29, 1.82) is 0 Å². The summed E-state index contributed by atoms with van der Waals surface area (Å²) in [6.45, 7) is 3.85. The minimum absolute atomic E-state index is 0.00492. The van der Waals surface area contributed by atoms with Gasteiger partial charge in [-0.25, -0.2) is 4.39 Å². The van der Waals surface area contributed by atoms with Gasteiger partial charge in [-0.1, -0.05) is 18.2 Å². The fourth-order valence-electron chi connectivity index (χ4n) is 3.98. The number of carbonyl (C=O) groups excluding carboxylic acids is 2. The van der Waals surface area contributed by atoms with Crippen molar-refractivity contribution in [2.45, 2.75) is 19.4 Å². The minimum atomic E-state index is -0.252. The van der Waals surface area contributed by atoms with Gasteiger partial charge in [0.2, 0.25) is 11.8 Å². The second-order valence-corrected chi connectivity index (χ2v) is 7.76. The zero-order chi connectivity index (χ0) is 21.6. The zero-order valence-electron chi connectivity index (χ0n) is 17.5. The molecule has 0 atom stereocenters. The molecule has 2 amide bonds. The summed E-state index contributed by atoms with van der Waals surface area (Å²) >= 11 is 0. The Kier molecular flexibility index (Phi) is 6.50. The number of benzene rings is 2. The molecule has 0 spiro atoms. The van der Waals surface area contributed by atoms with Crippen molar-refractivity contribution in [3.8, 4) is 0 Å². The first-order valence-electron chi connectivity index (χ1n) is 10.7. The molecule has 1 N–H and O–H groups in total. The van der Waals surface area contributed by atoms with Crippen LogP contribution in [0.5, 0.6) is 0 Å². The monoisotopic (exact) mass is 422 g/mol. The van der Waals surface area contributed by atoms with E-state index in [1.807, 2.05) is 18.3 Å². The van der Waals surface area contributed by atoms with Gasteiger partial charge in [0.15, 0.2) is 0 Å². The average molecular weight is 423 g/mol. The first kappa shape index (κ1) is 20.9. The highest BCUT2D eigenvalue weighted by Crippen LogP contribution is 2.17. The van der Waals surface area contributed by atoms with Crippen molar-refractivity contribution in [2.75, 3.05) is 37.6 Å². The van der Waals surface area contributed by atoms with Crippen molar-refractivity contribution in [3.05, 3.63) is 66.6 Å². The van der Waals surface area contributed by atoms with E-state index in [4.69, 9.17) is 0 Å². The predicted octanol–water partition coefficient (Wildman–Crippen LogP) is 3.03. The van der Waals surface area contributed by atoms with Crippen LogP contribution in [-0.2, 0) is 16.1 Å². The lowest BCUT2D eigenvalue weighted by molar-refractivity contribution is -0.133. The molecule has 0 saturated carbocycles. The van der Waals surface area contributed by atoms with Crippen LogP contribution < -0.4 is 10.2 Å². The Morgan fingerprint density at radius 3 is 2.42 bits per heavy atom. The van der Waals surface area contributed by atoms with E-state index in [-0.39, 0.29) is 30.5 Å². The summed E-state index contributed by atoms with van der Waals surface area (Å²) in [5.74, 6) is -0.349. The minimum Gasteiger partial charge on any atom is -0.368 e. The van der Waals surface area contributed by atoms with Crippen molar-refractivity contribution in [1.82, 2.24) is 14.8 Å². The fourth-order valence-corrected chi connectivity index (χ4v) is 3.98. The summed E-state index contributed by atoms with van der Waals surface area (Å²) in [6, 6.07) is 16.6. The molecule has 6 nitrogen and oxygen atoms in total. The molecule has 1 aliphatic heterocycles. The number of carbonyl (C=O) groups is 2. The summed E-state index contributed by atoms with van der Waals surface area (Å²) in [6.07, 6.45) is 2.43. The van der Waals surface area contributed by atoms with Crippen LogP contribution in [0.15, 0.2) is 60.8 Å². The predicted molar refractivity (Wildman–Crippen MR) is 119 cm³/mol. The van der Waals surface area contributed by atoms with Crippen molar-refractivity contribution >= 4 is 28.4 Å². The fraction of sp³-hybridized carbons (Fsp3) is 0.333. The SMILES string of the molecule is O=C(CCC(=O)N1CCN(c2ccc(F)cc2)CC1)NCCn1ccc2ccccc21. The zero-order valence-corrected chi connectivity index (χ0v) is 17.5. The second kappa shape index (κ2) is 9.64. The molecule has 0 radical (unpaired) electrons. The van der Waals surface area contributed by atoms with Crippen LogP contribution in [0.25, 0.3) is 10.9 Å². The second-order valence-electron chi connectivity index (χ2n) is 7.76. The molecule has 0 unspecified atom stereocenters. The number of amides is 2. The number of para-hydroxylation sites is 1. The maximum Gasteiger partial charge on any atom is 0.223 e. The molecule has 4 rings (SSSR count). The van der Waals surface area contributed by atoms with E-state index < -0.39 is 0 Å². The Bertz CT molecular complexity index is 1040. The Morgan fingerprint density at radius 1 is 0.903 bits per heavy atom. The number of aromatic nitrogens is 1. The molecular weight excluding hydrogens is 395 g/mol. The van der Waals surface area contributed by atoms with E-state index >= 15 is 0 Å². The summed E-state index contributed by atoms with van der Waals surface area (Å²) in [4.78, 5) is 28.6. The number of hydrogen-bond acceptors (Lipinski definition) is 3. The van der Waals surface area contributed by atoms with E-state index in [0.29, 0.717) is 39.3 Å². The van der Waals surface area contributed by atoms with E-state index in [9.17, 15) is 14.0 Å². The molecule has 3 aromatic rings. The standard InChI is InChI=1S/C24H27FN4O2/c25-20-5-7-21(8-6-20)27-15-17-29(18-16-27)24(31)10-9-23(30)26-12-14-28-13-11-19-3-1-2-4-22(19)28/h1-8,11,13H,9-10,12,14-18H2,(H,26,30). The molecule has 2 aromatic carbocycles. The van der Waals surface area contributed by atoms with Crippen LogP contribution in [0.3, 0.4) is 0 Å². The number of nitrogens with one attached hydrogen (secondary N) is 1. The number of fused-ring (bicyclic) bond motifs is 1. The maximum atomic E-state index is 13.1. The number of hydrogen-bond donors (Lipinski definition) is 1. The van der Waals surface area contributed by atoms with Gasteiger partial charge in [-0.3, -0.25) is 9.59 Å². The molecule has 0 bridgehead atoms. The average Bonchev–Trinajstić information content (AvgIpc) is 3.21. The summed E-state index contributed by atoms with van der Waals surface area (Å²) in [7, 11) is 0. The number of nitrogens with zero attached hydrogens (tertiary/aromatic N) is 3. The van der Waals surface area contributed by atoms with Crippen LogP contribution in [0.2, 0.25) is 0 Å². The van der Waals surface area contributed by atoms with Gasteiger partial charge >= 0.3 is 0 Å². The highest BCUT2D eigenvalue weighted by Gasteiger charge is 2.21. The molecule has 31 heavy (non-hydrogen) atoms. The molecule has 1 saturated heterocycles. The van der Waals surface area contributed by atoms with Crippen LogP contribution >= 0.6 is 0 Å². The quantitative estimate of drug-likeness (QED) is 0.637. The molecule has 2 heterocycles. The lowest BCUT2D eigenvalue weighted by Gasteiger charge is -2.36. The van der Waals surface area contributed by atoms with Crippen LogP contribution in [0.4, 0.5) is 10.1 Å². The number of piperazine rings is 1. The van der Waals surface area contributed by atoms with E-state index in [0.717, 1.165) is 11.2 Å². The van der Waals surface area contributed by atoms with E-state index in [2.05, 4.69) is 33.0 Å². The van der Waals surface area contributed by atoms with Crippen molar-refractivity contribution < 1.29 is 14.0 Å². The topological polar surface area (TPSA) is 57.6 Å². The summed E-state index contributed by atoms with van der Waals surface area (Å²) in [5, 5.41) is 4.09. The maximum absolute atomic E-state index is 13.1. The van der Waals surface area contributed by atoms with Crippen LogP contribution in [0, 0.1) is 5.82 Å². The van der Waals surface area contributed by atoms with Gasteiger partial charge in [0.25, 0.3) is 0 Å². The summed E-state index contributed by atoms with van der Waals surface area (Å²) < 4.78 is 15.2. The van der Waals surface area contributed by atoms with Gasteiger partial charge in [-0.05, 0) is 41.8 Å². The normalized spacial score (nSPS) is 14.1. The van der Waals surface area contributed by atoms with Gasteiger partial charge < -0.3 is 19.7 Å². The van der Waals surface area contributed by atoms with Gasteiger partial charge in [0.1, 0.15) is 5.82 Å². The Hall–Kier alpha value is -3.35. The van der Waals surface area contributed by atoms with E-state index in [1.165, 1.54) is 17.5 Å². The third-order valence-electron chi connectivity index (χ3n) is 5.75. The molecule has 0 aliphatic carbocycles. The third kappa shape index (κ3) is 5.23. The Morgan fingerprint density at radius 2 is 1.65 bits per heavy atom.